The maximum Gasteiger partial charge on any atom is 0.0539 e. The van der Waals surface area contributed by atoms with Gasteiger partial charge in [-0.2, -0.15) is 0 Å². The highest BCUT2D eigenvalue weighted by Crippen LogP contribution is 2.35. The van der Waals surface area contributed by atoms with E-state index in [2.05, 4.69) is 66.3 Å². The minimum atomic E-state index is 0.862. The van der Waals surface area contributed by atoms with E-state index in [9.17, 15) is 0 Å². The molecule has 0 spiro atoms. The fourth-order valence-electron chi connectivity index (χ4n) is 2.80. The Bertz CT molecular complexity index is 719. The highest BCUT2D eigenvalue weighted by Gasteiger charge is 2.14. The normalized spacial score (nSPS) is 11.6. The van der Waals surface area contributed by atoms with Gasteiger partial charge in [-0.05, 0) is 59.7 Å². The number of nitrogens with two attached hydrogens (primary N) is 1. The van der Waals surface area contributed by atoms with Crippen molar-refractivity contribution in [2.45, 2.75) is 13.8 Å². The van der Waals surface area contributed by atoms with Gasteiger partial charge < -0.3 is 10.3 Å². The zero-order valence-electron chi connectivity index (χ0n) is 10.7. The average Bonchev–Trinajstić information content (AvgIpc) is 2.63. The SMILES string of the molecule is Cc1c(N)ccc2c3ccc(I)c(C)c3n(C)c12. The number of fused-ring (bicyclic) bond motifs is 3. The Morgan fingerprint density at radius 1 is 0.944 bits per heavy atom. The van der Waals surface area contributed by atoms with Crippen LogP contribution in [0.2, 0.25) is 0 Å². The van der Waals surface area contributed by atoms with E-state index in [1.807, 2.05) is 6.07 Å². The highest BCUT2D eigenvalue weighted by molar-refractivity contribution is 14.1. The summed E-state index contributed by atoms with van der Waals surface area (Å²) in [6.45, 7) is 4.28. The molecule has 0 radical (unpaired) electrons. The predicted octanol–water partition coefficient (Wildman–Crippen LogP) is 4.14. The predicted molar refractivity (Wildman–Crippen MR) is 87.0 cm³/mol. The molecule has 1 aromatic heterocycles. The first kappa shape index (κ1) is 11.8. The minimum absolute atomic E-state index is 0.862. The summed E-state index contributed by atoms with van der Waals surface area (Å²) >= 11 is 2.39. The first-order chi connectivity index (χ1) is 8.52. The van der Waals surface area contributed by atoms with Crippen LogP contribution >= 0.6 is 22.6 Å². The van der Waals surface area contributed by atoms with Gasteiger partial charge in [-0.3, -0.25) is 0 Å². The maximum absolute atomic E-state index is 6.03. The fourth-order valence-corrected chi connectivity index (χ4v) is 3.24. The Hall–Kier alpha value is -1.23. The molecular weight excluding hydrogens is 335 g/mol. The van der Waals surface area contributed by atoms with Crippen molar-refractivity contribution in [2.75, 3.05) is 5.73 Å². The number of nitrogens with zero attached hydrogens (tertiary/aromatic N) is 1. The third-order valence-corrected chi connectivity index (χ3v) is 4.97. The summed E-state index contributed by atoms with van der Waals surface area (Å²) in [5, 5.41) is 2.60. The van der Waals surface area contributed by atoms with Gasteiger partial charge in [-0.1, -0.05) is 12.1 Å². The lowest BCUT2D eigenvalue weighted by molar-refractivity contribution is 1.00. The molecule has 0 fully saturated rings. The molecule has 1 heterocycles. The number of rotatable bonds is 0. The van der Waals surface area contributed by atoms with E-state index in [0.717, 1.165) is 5.69 Å². The number of hydrogen-bond donors (Lipinski definition) is 1. The van der Waals surface area contributed by atoms with Crippen LogP contribution < -0.4 is 5.73 Å². The molecule has 2 N–H and O–H groups in total. The van der Waals surface area contributed by atoms with Gasteiger partial charge in [-0.25, -0.2) is 0 Å². The van der Waals surface area contributed by atoms with Crippen molar-refractivity contribution in [3.05, 3.63) is 39.0 Å². The van der Waals surface area contributed by atoms with E-state index < -0.39 is 0 Å². The van der Waals surface area contributed by atoms with Gasteiger partial charge in [0.05, 0.1) is 11.0 Å². The number of benzene rings is 2. The van der Waals surface area contributed by atoms with E-state index in [1.54, 1.807) is 0 Å². The van der Waals surface area contributed by atoms with E-state index in [4.69, 9.17) is 5.73 Å². The quantitative estimate of drug-likeness (QED) is 0.480. The number of aryl methyl sites for hydroxylation is 3. The van der Waals surface area contributed by atoms with Crippen molar-refractivity contribution in [3.8, 4) is 0 Å². The van der Waals surface area contributed by atoms with Gasteiger partial charge in [0.1, 0.15) is 0 Å². The minimum Gasteiger partial charge on any atom is -0.398 e. The fraction of sp³-hybridized carbons (Fsp3) is 0.200. The molecule has 0 unspecified atom stereocenters. The lowest BCUT2D eigenvalue weighted by atomic mass is 10.1. The van der Waals surface area contributed by atoms with Crippen molar-refractivity contribution >= 4 is 50.1 Å². The second-order valence-electron chi connectivity index (χ2n) is 4.80. The molecule has 3 aromatic rings. The summed E-state index contributed by atoms with van der Waals surface area (Å²) in [5.41, 5.74) is 12.0. The summed E-state index contributed by atoms with van der Waals surface area (Å²) in [5.74, 6) is 0. The smallest absolute Gasteiger partial charge is 0.0539 e. The molecule has 0 amide bonds. The van der Waals surface area contributed by atoms with Crippen LogP contribution in [0.15, 0.2) is 24.3 Å². The molecule has 3 heteroatoms. The second kappa shape index (κ2) is 3.88. The van der Waals surface area contributed by atoms with Crippen LogP contribution in [0.3, 0.4) is 0 Å². The molecule has 0 aliphatic rings. The van der Waals surface area contributed by atoms with Crippen LogP contribution in [0.5, 0.6) is 0 Å². The van der Waals surface area contributed by atoms with Gasteiger partial charge in [0, 0.05) is 27.1 Å². The summed E-state index contributed by atoms with van der Waals surface area (Å²) < 4.78 is 3.57. The number of nitrogen functional groups attached to an aromatic ring is 1. The van der Waals surface area contributed by atoms with Crippen molar-refractivity contribution in [1.29, 1.82) is 0 Å². The molecule has 0 atom stereocenters. The van der Waals surface area contributed by atoms with Gasteiger partial charge in [0.15, 0.2) is 0 Å². The third kappa shape index (κ3) is 1.40. The Morgan fingerprint density at radius 3 is 2.17 bits per heavy atom. The maximum atomic E-state index is 6.03. The van der Waals surface area contributed by atoms with Crippen molar-refractivity contribution in [1.82, 2.24) is 4.57 Å². The van der Waals surface area contributed by atoms with E-state index >= 15 is 0 Å². The molecular formula is C15H15IN2. The van der Waals surface area contributed by atoms with Crippen LogP contribution in [-0.4, -0.2) is 4.57 Å². The number of hydrogen-bond acceptors (Lipinski definition) is 1. The molecule has 92 valence electrons. The number of anilines is 1. The second-order valence-corrected chi connectivity index (χ2v) is 5.97. The molecule has 0 saturated heterocycles. The van der Waals surface area contributed by atoms with Gasteiger partial charge in [-0.15, -0.1) is 0 Å². The molecule has 0 aliphatic heterocycles. The first-order valence-corrected chi connectivity index (χ1v) is 7.02. The molecule has 18 heavy (non-hydrogen) atoms. The Labute approximate surface area is 120 Å². The molecule has 2 aromatic carbocycles. The average molecular weight is 350 g/mol. The number of halogens is 1. The Kier molecular flexibility index (Phi) is 2.55. The van der Waals surface area contributed by atoms with Crippen molar-refractivity contribution in [2.24, 2.45) is 7.05 Å². The summed E-state index contributed by atoms with van der Waals surface area (Å²) in [7, 11) is 2.13. The monoisotopic (exact) mass is 350 g/mol. The van der Waals surface area contributed by atoms with E-state index in [1.165, 1.54) is 36.5 Å². The van der Waals surface area contributed by atoms with Gasteiger partial charge in [0.25, 0.3) is 0 Å². The molecule has 0 bridgehead atoms. The highest BCUT2D eigenvalue weighted by atomic mass is 127. The molecule has 3 rings (SSSR count). The van der Waals surface area contributed by atoms with Crippen LogP contribution in [-0.2, 0) is 7.05 Å². The molecule has 0 aliphatic carbocycles. The van der Waals surface area contributed by atoms with Crippen molar-refractivity contribution in [3.63, 3.8) is 0 Å². The molecule has 0 saturated carbocycles. The lowest BCUT2D eigenvalue weighted by Crippen LogP contribution is -1.95. The standard InChI is InChI=1S/C15H15IN2/c1-8-12(16)6-4-10-11-5-7-13(17)9(2)15(11)18(3)14(8)10/h4-7H,17H2,1-3H3. The lowest BCUT2D eigenvalue weighted by Gasteiger charge is -2.06. The van der Waals surface area contributed by atoms with Crippen molar-refractivity contribution < 1.29 is 0 Å². The first-order valence-electron chi connectivity index (χ1n) is 5.94. The van der Waals surface area contributed by atoms with Crippen LogP contribution in [0.25, 0.3) is 21.8 Å². The largest absolute Gasteiger partial charge is 0.398 e. The summed E-state index contributed by atoms with van der Waals surface area (Å²) in [4.78, 5) is 0. The summed E-state index contributed by atoms with van der Waals surface area (Å²) in [6, 6.07) is 8.53. The van der Waals surface area contributed by atoms with E-state index in [0.29, 0.717) is 0 Å². The Morgan fingerprint density at radius 2 is 1.50 bits per heavy atom. The zero-order chi connectivity index (χ0) is 13.0. The molecule has 2 nitrogen and oxygen atoms in total. The van der Waals surface area contributed by atoms with Crippen LogP contribution in [0.4, 0.5) is 5.69 Å². The van der Waals surface area contributed by atoms with Gasteiger partial charge >= 0.3 is 0 Å². The number of aromatic nitrogens is 1. The topological polar surface area (TPSA) is 30.9 Å². The van der Waals surface area contributed by atoms with E-state index in [-0.39, 0.29) is 0 Å². The summed E-state index contributed by atoms with van der Waals surface area (Å²) in [6.07, 6.45) is 0. The van der Waals surface area contributed by atoms with Gasteiger partial charge in [0.2, 0.25) is 0 Å². The third-order valence-electron chi connectivity index (χ3n) is 3.80. The Balaban J connectivity index is 2.67. The van der Waals surface area contributed by atoms with Crippen LogP contribution in [0, 0.1) is 17.4 Å². The zero-order valence-corrected chi connectivity index (χ0v) is 12.9. The van der Waals surface area contributed by atoms with Crippen LogP contribution in [0.1, 0.15) is 11.1 Å².